The van der Waals surface area contributed by atoms with Gasteiger partial charge in [0.05, 0.1) is 0 Å². The van der Waals surface area contributed by atoms with Gasteiger partial charge in [0.15, 0.2) is 11.5 Å². The SMILES string of the molecule is O=C(O)c1ccc(N2CCC(CCO)C2)nn1. The summed E-state index contributed by atoms with van der Waals surface area (Å²) in [5.41, 5.74) is -0.0418. The van der Waals surface area contributed by atoms with E-state index in [1.165, 1.54) is 6.07 Å². The van der Waals surface area contributed by atoms with E-state index in [9.17, 15) is 4.79 Å². The lowest BCUT2D eigenvalue weighted by atomic mass is 10.1. The molecule has 1 saturated heterocycles. The van der Waals surface area contributed by atoms with Gasteiger partial charge in [-0.25, -0.2) is 4.79 Å². The van der Waals surface area contributed by atoms with Gasteiger partial charge in [0, 0.05) is 19.7 Å². The van der Waals surface area contributed by atoms with E-state index in [-0.39, 0.29) is 12.3 Å². The van der Waals surface area contributed by atoms with Crippen molar-refractivity contribution in [2.75, 3.05) is 24.6 Å². The zero-order valence-corrected chi connectivity index (χ0v) is 9.41. The van der Waals surface area contributed by atoms with Crippen molar-refractivity contribution in [3.8, 4) is 0 Å². The van der Waals surface area contributed by atoms with Crippen LogP contribution in [0.5, 0.6) is 0 Å². The van der Waals surface area contributed by atoms with Gasteiger partial charge in [0.2, 0.25) is 0 Å². The first-order valence-corrected chi connectivity index (χ1v) is 5.63. The van der Waals surface area contributed by atoms with Crippen LogP contribution in [0, 0.1) is 5.92 Å². The topological polar surface area (TPSA) is 86.5 Å². The monoisotopic (exact) mass is 237 g/mol. The Labute approximate surface area is 98.9 Å². The van der Waals surface area contributed by atoms with Crippen molar-refractivity contribution in [1.82, 2.24) is 10.2 Å². The number of aromatic nitrogens is 2. The number of aromatic carboxylic acids is 1. The summed E-state index contributed by atoms with van der Waals surface area (Å²) < 4.78 is 0. The fraction of sp³-hybridized carbons (Fsp3) is 0.545. The second-order valence-electron chi connectivity index (χ2n) is 4.19. The van der Waals surface area contributed by atoms with Crippen LogP contribution in [0.15, 0.2) is 12.1 Å². The fourth-order valence-electron chi connectivity index (χ4n) is 2.07. The molecule has 1 aromatic rings. The van der Waals surface area contributed by atoms with Gasteiger partial charge in [-0.05, 0) is 30.9 Å². The second kappa shape index (κ2) is 5.09. The van der Waals surface area contributed by atoms with Crippen LogP contribution in [0.4, 0.5) is 5.82 Å². The maximum atomic E-state index is 10.6. The zero-order chi connectivity index (χ0) is 12.3. The number of rotatable bonds is 4. The fourth-order valence-corrected chi connectivity index (χ4v) is 2.07. The summed E-state index contributed by atoms with van der Waals surface area (Å²) in [7, 11) is 0. The zero-order valence-electron chi connectivity index (χ0n) is 9.41. The van der Waals surface area contributed by atoms with E-state index >= 15 is 0 Å². The summed E-state index contributed by atoms with van der Waals surface area (Å²) in [5.74, 6) is 0.125. The highest BCUT2D eigenvalue weighted by molar-refractivity contribution is 5.85. The molecule has 0 amide bonds. The first kappa shape index (κ1) is 11.8. The summed E-state index contributed by atoms with van der Waals surface area (Å²) >= 11 is 0. The standard InChI is InChI=1S/C11H15N3O3/c15-6-4-8-3-5-14(7-8)10-2-1-9(11(16)17)12-13-10/h1-2,8,15H,3-7H2,(H,16,17). The van der Waals surface area contributed by atoms with Gasteiger partial charge in [-0.1, -0.05) is 0 Å². The number of aliphatic hydroxyl groups excluding tert-OH is 1. The number of nitrogens with zero attached hydrogens (tertiary/aromatic N) is 3. The highest BCUT2D eigenvalue weighted by Crippen LogP contribution is 2.23. The Morgan fingerprint density at radius 3 is 2.88 bits per heavy atom. The highest BCUT2D eigenvalue weighted by atomic mass is 16.4. The minimum absolute atomic E-state index is 0.0418. The molecule has 0 aliphatic carbocycles. The van der Waals surface area contributed by atoms with Gasteiger partial charge in [-0.2, -0.15) is 0 Å². The molecule has 0 spiro atoms. The molecule has 17 heavy (non-hydrogen) atoms. The molecule has 1 atom stereocenters. The smallest absolute Gasteiger partial charge is 0.356 e. The third kappa shape index (κ3) is 2.71. The molecule has 1 unspecified atom stereocenters. The van der Waals surface area contributed by atoms with E-state index < -0.39 is 5.97 Å². The Balaban J connectivity index is 2.01. The molecule has 1 aliphatic rings. The lowest BCUT2D eigenvalue weighted by Gasteiger charge is -2.16. The number of carboxylic acid groups (broad SMARTS) is 1. The molecule has 1 fully saturated rings. The summed E-state index contributed by atoms with van der Waals surface area (Å²) in [6, 6.07) is 3.14. The Morgan fingerprint density at radius 2 is 2.29 bits per heavy atom. The normalized spacial score (nSPS) is 19.6. The van der Waals surface area contributed by atoms with Crippen molar-refractivity contribution in [3.05, 3.63) is 17.8 Å². The number of carbonyl (C=O) groups is 1. The van der Waals surface area contributed by atoms with Crippen LogP contribution >= 0.6 is 0 Å². The number of anilines is 1. The predicted molar refractivity (Wildman–Crippen MR) is 61.0 cm³/mol. The second-order valence-corrected chi connectivity index (χ2v) is 4.19. The molecule has 2 rings (SSSR count). The Bertz CT molecular complexity index is 393. The van der Waals surface area contributed by atoms with Crippen molar-refractivity contribution in [2.45, 2.75) is 12.8 Å². The molecule has 1 aromatic heterocycles. The van der Waals surface area contributed by atoms with E-state index in [1.54, 1.807) is 6.07 Å². The van der Waals surface area contributed by atoms with Gasteiger partial charge >= 0.3 is 5.97 Å². The minimum atomic E-state index is -1.07. The van der Waals surface area contributed by atoms with Gasteiger partial charge < -0.3 is 15.1 Å². The summed E-state index contributed by atoms with van der Waals surface area (Å²) in [6.45, 7) is 1.94. The predicted octanol–water partition coefficient (Wildman–Crippen LogP) is 0.384. The summed E-state index contributed by atoms with van der Waals surface area (Å²) in [4.78, 5) is 12.7. The van der Waals surface area contributed by atoms with E-state index in [2.05, 4.69) is 15.1 Å². The van der Waals surface area contributed by atoms with Crippen LogP contribution in [0.3, 0.4) is 0 Å². The molecule has 0 radical (unpaired) electrons. The first-order valence-electron chi connectivity index (χ1n) is 5.63. The molecule has 2 N–H and O–H groups in total. The molecular weight excluding hydrogens is 222 g/mol. The molecule has 2 heterocycles. The van der Waals surface area contributed by atoms with Crippen LogP contribution in [-0.2, 0) is 0 Å². The van der Waals surface area contributed by atoms with Crippen LogP contribution in [0.2, 0.25) is 0 Å². The lowest BCUT2D eigenvalue weighted by Crippen LogP contribution is -2.21. The average Bonchev–Trinajstić information content (AvgIpc) is 2.78. The maximum absolute atomic E-state index is 10.6. The van der Waals surface area contributed by atoms with Crippen molar-refractivity contribution in [2.24, 2.45) is 5.92 Å². The largest absolute Gasteiger partial charge is 0.476 e. The number of hydrogen-bond acceptors (Lipinski definition) is 5. The van der Waals surface area contributed by atoms with E-state index in [0.717, 1.165) is 25.9 Å². The van der Waals surface area contributed by atoms with Crippen molar-refractivity contribution >= 4 is 11.8 Å². The summed E-state index contributed by atoms with van der Waals surface area (Å²) in [6.07, 6.45) is 1.83. The van der Waals surface area contributed by atoms with Crippen LogP contribution in [0.25, 0.3) is 0 Å². The third-order valence-corrected chi connectivity index (χ3v) is 3.02. The van der Waals surface area contributed by atoms with Crippen molar-refractivity contribution < 1.29 is 15.0 Å². The Hall–Kier alpha value is -1.69. The van der Waals surface area contributed by atoms with E-state index in [0.29, 0.717) is 11.7 Å². The van der Waals surface area contributed by atoms with Crippen LogP contribution in [-0.4, -0.2) is 46.1 Å². The lowest BCUT2D eigenvalue weighted by molar-refractivity contribution is 0.0689. The van der Waals surface area contributed by atoms with Crippen molar-refractivity contribution in [1.29, 1.82) is 0 Å². The van der Waals surface area contributed by atoms with Crippen LogP contribution < -0.4 is 4.90 Å². The van der Waals surface area contributed by atoms with Crippen molar-refractivity contribution in [3.63, 3.8) is 0 Å². The molecule has 0 saturated carbocycles. The van der Waals surface area contributed by atoms with E-state index in [1.807, 2.05) is 0 Å². The van der Waals surface area contributed by atoms with Gasteiger partial charge in [-0.3, -0.25) is 0 Å². The number of hydrogen-bond donors (Lipinski definition) is 2. The summed E-state index contributed by atoms with van der Waals surface area (Å²) in [5, 5.41) is 25.1. The number of carboxylic acids is 1. The molecule has 92 valence electrons. The van der Waals surface area contributed by atoms with E-state index in [4.69, 9.17) is 10.2 Å². The first-order chi connectivity index (χ1) is 8.20. The quantitative estimate of drug-likeness (QED) is 0.787. The third-order valence-electron chi connectivity index (χ3n) is 3.02. The minimum Gasteiger partial charge on any atom is -0.476 e. The average molecular weight is 237 g/mol. The molecule has 6 heteroatoms. The molecule has 0 aromatic carbocycles. The molecular formula is C11H15N3O3. The molecule has 6 nitrogen and oxygen atoms in total. The number of aliphatic hydroxyl groups is 1. The van der Waals surface area contributed by atoms with Crippen LogP contribution in [0.1, 0.15) is 23.3 Å². The molecule has 0 bridgehead atoms. The maximum Gasteiger partial charge on any atom is 0.356 e. The molecule has 1 aliphatic heterocycles. The van der Waals surface area contributed by atoms with Gasteiger partial charge in [0.1, 0.15) is 0 Å². The highest BCUT2D eigenvalue weighted by Gasteiger charge is 2.23. The Kier molecular flexibility index (Phi) is 3.53. The van der Waals surface area contributed by atoms with Gasteiger partial charge in [-0.15, -0.1) is 10.2 Å². The van der Waals surface area contributed by atoms with Gasteiger partial charge in [0.25, 0.3) is 0 Å². The Morgan fingerprint density at radius 1 is 1.47 bits per heavy atom.